The van der Waals surface area contributed by atoms with Gasteiger partial charge in [0, 0.05) is 48.5 Å². The highest BCUT2D eigenvalue weighted by molar-refractivity contribution is 5.89. The molecular formula is C19H23N5O. The van der Waals surface area contributed by atoms with Crippen molar-refractivity contribution >= 4 is 16.9 Å². The zero-order chi connectivity index (χ0) is 17.5. The van der Waals surface area contributed by atoms with Gasteiger partial charge in [-0.15, -0.1) is 0 Å². The van der Waals surface area contributed by atoms with Crippen molar-refractivity contribution < 1.29 is 4.74 Å². The van der Waals surface area contributed by atoms with Crippen LogP contribution in [0.15, 0.2) is 53.8 Å². The molecule has 25 heavy (non-hydrogen) atoms. The lowest BCUT2D eigenvalue weighted by Crippen LogP contribution is -2.33. The second-order valence-corrected chi connectivity index (χ2v) is 5.71. The summed E-state index contributed by atoms with van der Waals surface area (Å²) in [5, 5.41) is 4.28. The summed E-state index contributed by atoms with van der Waals surface area (Å²) in [6.07, 6.45) is 5.42. The summed E-state index contributed by atoms with van der Waals surface area (Å²) in [5.74, 6) is 1.34. The number of guanidine groups is 1. The lowest BCUT2D eigenvalue weighted by atomic mass is 10.1. The van der Waals surface area contributed by atoms with Crippen molar-refractivity contribution in [3.63, 3.8) is 0 Å². The fourth-order valence-corrected chi connectivity index (χ4v) is 2.80. The number of ether oxygens (including phenoxy) is 1. The Morgan fingerprint density at radius 1 is 1.24 bits per heavy atom. The summed E-state index contributed by atoms with van der Waals surface area (Å²) >= 11 is 0. The molecule has 6 nitrogen and oxygen atoms in total. The van der Waals surface area contributed by atoms with Gasteiger partial charge in [-0.2, -0.15) is 0 Å². The quantitative estimate of drug-likeness (QED) is 0.456. The van der Waals surface area contributed by atoms with E-state index in [1.54, 1.807) is 13.3 Å². The molecule has 0 aliphatic carbocycles. The summed E-state index contributed by atoms with van der Waals surface area (Å²) in [6.45, 7) is 1.33. The number of hydrogen-bond donors (Lipinski definition) is 3. The second kappa shape index (κ2) is 8.19. The zero-order valence-electron chi connectivity index (χ0n) is 14.3. The molecule has 0 aliphatic heterocycles. The van der Waals surface area contributed by atoms with Crippen molar-refractivity contribution in [2.75, 3.05) is 20.2 Å². The van der Waals surface area contributed by atoms with Crippen molar-refractivity contribution in [2.24, 2.45) is 10.7 Å². The maximum absolute atomic E-state index is 5.93. The van der Waals surface area contributed by atoms with Gasteiger partial charge in [-0.25, -0.2) is 0 Å². The van der Waals surface area contributed by atoms with Gasteiger partial charge in [-0.3, -0.25) is 9.98 Å². The number of nitrogens with two attached hydrogens (primary N) is 1. The van der Waals surface area contributed by atoms with Gasteiger partial charge in [-0.05, 0) is 36.2 Å². The lowest BCUT2D eigenvalue weighted by molar-refractivity contribution is 0.419. The van der Waals surface area contributed by atoms with Crippen LogP contribution in [0.25, 0.3) is 10.9 Å². The molecule has 3 aromatic rings. The molecule has 0 fully saturated rings. The van der Waals surface area contributed by atoms with E-state index in [1.165, 1.54) is 5.56 Å². The van der Waals surface area contributed by atoms with Crippen LogP contribution >= 0.6 is 0 Å². The van der Waals surface area contributed by atoms with E-state index in [1.807, 2.05) is 42.6 Å². The average molecular weight is 337 g/mol. The van der Waals surface area contributed by atoms with Gasteiger partial charge in [0.25, 0.3) is 0 Å². The molecule has 6 heteroatoms. The second-order valence-electron chi connectivity index (χ2n) is 5.71. The van der Waals surface area contributed by atoms with Crippen molar-refractivity contribution in [1.29, 1.82) is 0 Å². The van der Waals surface area contributed by atoms with E-state index in [2.05, 4.69) is 20.3 Å². The van der Waals surface area contributed by atoms with Crippen LogP contribution in [0.4, 0.5) is 0 Å². The number of rotatable bonds is 7. The van der Waals surface area contributed by atoms with Gasteiger partial charge < -0.3 is 20.8 Å². The maximum Gasteiger partial charge on any atom is 0.188 e. The van der Waals surface area contributed by atoms with Crippen LogP contribution in [0.3, 0.4) is 0 Å². The molecule has 0 radical (unpaired) electrons. The summed E-state index contributed by atoms with van der Waals surface area (Å²) < 4.78 is 5.45. The molecule has 0 atom stereocenters. The molecule has 2 heterocycles. The Bertz CT molecular complexity index is 841. The van der Waals surface area contributed by atoms with Gasteiger partial charge >= 0.3 is 0 Å². The number of hydrogen-bond acceptors (Lipinski definition) is 3. The highest BCUT2D eigenvalue weighted by Gasteiger charge is 2.08. The molecule has 0 unspecified atom stereocenters. The largest absolute Gasteiger partial charge is 0.496 e. The minimum Gasteiger partial charge on any atom is -0.496 e. The van der Waals surface area contributed by atoms with Gasteiger partial charge in [0.2, 0.25) is 0 Å². The number of methoxy groups -OCH3 is 1. The lowest BCUT2D eigenvalue weighted by Gasteiger charge is -2.07. The predicted molar refractivity (Wildman–Crippen MR) is 101 cm³/mol. The molecule has 4 N–H and O–H groups in total. The molecule has 0 spiro atoms. The van der Waals surface area contributed by atoms with Crippen molar-refractivity contribution in [3.8, 4) is 5.75 Å². The van der Waals surface area contributed by atoms with Crippen LogP contribution in [0.1, 0.15) is 11.3 Å². The molecule has 1 aromatic carbocycles. The normalized spacial score (nSPS) is 11.6. The fraction of sp³-hybridized carbons (Fsp3) is 0.263. The smallest absolute Gasteiger partial charge is 0.188 e. The van der Waals surface area contributed by atoms with Crippen LogP contribution in [-0.4, -0.2) is 36.1 Å². The third-order valence-electron chi connectivity index (χ3n) is 4.05. The average Bonchev–Trinajstić information content (AvgIpc) is 3.06. The van der Waals surface area contributed by atoms with E-state index in [-0.39, 0.29) is 0 Å². The third kappa shape index (κ3) is 4.29. The van der Waals surface area contributed by atoms with Gasteiger partial charge in [0.1, 0.15) is 5.75 Å². The molecule has 0 saturated carbocycles. The number of aromatic amines is 1. The Morgan fingerprint density at radius 3 is 2.96 bits per heavy atom. The number of aromatic nitrogens is 2. The Kier molecular flexibility index (Phi) is 5.51. The van der Waals surface area contributed by atoms with Gasteiger partial charge in [0.15, 0.2) is 5.96 Å². The molecule has 0 saturated heterocycles. The minimum atomic E-state index is 0.461. The topological polar surface area (TPSA) is 88.3 Å². The Morgan fingerprint density at radius 2 is 2.16 bits per heavy atom. The van der Waals surface area contributed by atoms with Crippen LogP contribution in [0.2, 0.25) is 0 Å². The summed E-state index contributed by atoms with van der Waals surface area (Å²) in [4.78, 5) is 11.9. The number of aliphatic imine (C=N–C) groups is 1. The van der Waals surface area contributed by atoms with E-state index >= 15 is 0 Å². The van der Waals surface area contributed by atoms with Crippen molar-refractivity contribution in [3.05, 3.63) is 60.0 Å². The number of nitrogens with zero attached hydrogens (tertiary/aromatic N) is 2. The predicted octanol–water partition coefficient (Wildman–Crippen LogP) is 2.26. The number of pyridine rings is 1. The van der Waals surface area contributed by atoms with Crippen molar-refractivity contribution in [2.45, 2.75) is 12.8 Å². The van der Waals surface area contributed by atoms with Crippen LogP contribution in [0, 0.1) is 0 Å². The Balaban J connectivity index is 1.51. The number of fused-ring (bicyclic) bond motifs is 1. The van der Waals surface area contributed by atoms with Crippen LogP contribution in [0.5, 0.6) is 5.75 Å². The molecule has 0 bridgehead atoms. The highest BCUT2D eigenvalue weighted by atomic mass is 16.5. The first-order valence-corrected chi connectivity index (χ1v) is 8.34. The van der Waals surface area contributed by atoms with Gasteiger partial charge in [-0.1, -0.05) is 12.1 Å². The van der Waals surface area contributed by atoms with E-state index in [9.17, 15) is 0 Å². The van der Waals surface area contributed by atoms with E-state index in [0.717, 1.165) is 35.2 Å². The molecule has 0 amide bonds. The Labute approximate surface area is 147 Å². The number of benzene rings is 1. The SMILES string of the molecule is COc1cccc2[nH]cc(CCNC(N)=NCCc3ccccn3)c12. The third-order valence-corrected chi connectivity index (χ3v) is 4.05. The monoisotopic (exact) mass is 337 g/mol. The van der Waals surface area contributed by atoms with Crippen molar-refractivity contribution in [1.82, 2.24) is 15.3 Å². The van der Waals surface area contributed by atoms with E-state index < -0.39 is 0 Å². The fourth-order valence-electron chi connectivity index (χ4n) is 2.80. The molecule has 2 aromatic heterocycles. The Hall–Kier alpha value is -3.02. The minimum absolute atomic E-state index is 0.461. The standard InChI is InChI=1S/C19H23N5O/c1-25-17-7-4-6-16-18(17)14(13-24-16)8-11-22-19(20)23-12-9-15-5-2-3-10-21-15/h2-7,10,13,24H,8-9,11-12H2,1H3,(H3,20,22,23). The van der Waals surface area contributed by atoms with Crippen LogP contribution in [-0.2, 0) is 12.8 Å². The molecule has 130 valence electrons. The summed E-state index contributed by atoms with van der Waals surface area (Å²) in [5.41, 5.74) is 9.22. The molecule has 0 aliphatic rings. The first-order chi connectivity index (χ1) is 12.3. The molecule has 3 rings (SSSR count). The maximum atomic E-state index is 5.93. The molecular weight excluding hydrogens is 314 g/mol. The van der Waals surface area contributed by atoms with E-state index in [4.69, 9.17) is 10.5 Å². The first kappa shape index (κ1) is 16.8. The summed E-state index contributed by atoms with van der Waals surface area (Å²) in [7, 11) is 1.69. The van der Waals surface area contributed by atoms with Gasteiger partial charge in [0.05, 0.1) is 7.11 Å². The van der Waals surface area contributed by atoms with Crippen LogP contribution < -0.4 is 15.8 Å². The number of H-pyrrole nitrogens is 1. The first-order valence-electron chi connectivity index (χ1n) is 8.34. The zero-order valence-corrected chi connectivity index (χ0v) is 14.3. The summed E-state index contributed by atoms with van der Waals surface area (Å²) in [6, 6.07) is 11.9. The highest BCUT2D eigenvalue weighted by Crippen LogP contribution is 2.28. The van der Waals surface area contributed by atoms with E-state index in [0.29, 0.717) is 19.0 Å². The number of nitrogens with one attached hydrogen (secondary N) is 2.